The van der Waals surface area contributed by atoms with E-state index in [4.69, 9.17) is 10.5 Å². The number of hydrogen-bond donors (Lipinski definition) is 2. The van der Waals surface area contributed by atoms with Gasteiger partial charge in [-0.15, -0.1) is 0 Å². The number of morpholine rings is 1. The average Bonchev–Trinajstić information content (AvgIpc) is 3.52. The van der Waals surface area contributed by atoms with Crippen molar-refractivity contribution in [2.45, 2.75) is 32.0 Å². The number of carbonyl (C=O) groups is 2. The fourth-order valence-corrected chi connectivity index (χ4v) is 3.58. The second kappa shape index (κ2) is 9.32. The summed E-state index contributed by atoms with van der Waals surface area (Å²) in [6.07, 6.45) is -2.52. The van der Waals surface area contributed by atoms with Gasteiger partial charge in [-0.3, -0.25) is 14.5 Å². The smallest absolute Gasteiger partial charge is 0.370 e. The molecule has 7 nitrogen and oxygen atoms in total. The molecule has 166 valence electrons. The zero-order valence-electron chi connectivity index (χ0n) is 16.9. The molecule has 3 N–H and O–H groups in total. The normalized spacial score (nSPS) is 18.6. The minimum Gasteiger partial charge on any atom is -0.370 e. The maximum atomic E-state index is 13.7. The molecule has 3 rings (SSSR count). The third kappa shape index (κ3) is 5.30. The number of ether oxygens (including phenoxy) is 1. The van der Waals surface area contributed by atoms with Gasteiger partial charge in [-0.2, -0.15) is 13.2 Å². The lowest BCUT2D eigenvalue weighted by Gasteiger charge is -2.30. The highest BCUT2D eigenvalue weighted by Gasteiger charge is 2.36. The topological polar surface area (TPSA) is 87.9 Å². The highest BCUT2D eigenvalue weighted by atomic mass is 19.4. The minimum absolute atomic E-state index is 0.00804. The van der Waals surface area contributed by atoms with Gasteiger partial charge in [-0.05, 0) is 43.5 Å². The van der Waals surface area contributed by atoms with E-state index in [1.807, 2.05) is 11.8 Å². The van der Waals surface area contributed by atoms with Crippen LogP contribution in [-0.2, 0) is 20.5 Å². The Bertz CT molecular complexity index is 783. The van der Waals surface area contributed by atoms with E-state index in [0.29, 0.717) is 19.0 Å². The van der Waals surface area contributed by atoms with E-state index in [2.05, 4.69) is 5.32 Å². The summed E-state index contributed by atoms with van der Waals surface area (Å²) in [4.78, 5) is 27.9. The molecular formula is C20H27F3N4O3. The van der Waals surface area contributed by atoms with Crippen LogP contribution in [0.5, 0.6) is 0 Å². The second-order valence-electron chi connectivity index (χ2n) is 7.60. The summed E-state index contributed by atoms with van der Waals surface area (Å²) in [5, 5.41) is 2.41. The van der Waals surface area contributed by atoms with Crippen molar-refractivity contribution in [1.82, 2.24) is 4.90 Å². The van der Waals surface area contributed by atoms with Gasteiger partial charge in [0.05, 0.1) is 17.9 Å². The Kier molecular flexibility index (Phi) is 6.99. The molecule has 1 aromatic rings. The van der Waals surface area contributed by atoms with E-state index in [1.54, 1.807) is 0 Å². The molecule has 30 heavy (non-hydrogen) atoms. The largest absolute Gasteiger partial charge is 0.418 e. The molecule has 0 spiro atoms. The van der Waals surface area contributed by atoms with Gasteiger partial charge in [0.25, 0.3) is 5.91 Å². The Hall–Kier alpha value is -2.17. The zero-order valence-corrected chi connectivity index (χ0v) is 16.9. The van der Waals surface area contributed by atoms with E-state index < -0.39 is 29.6 Å². The third-order valence-corrected chi connectivity index (χ3v) is 5.43. The number of rotatable bonds is 8. The molecule has 2 aliphatic rings. The van der Waals surface area contributed by atoms with Crippen LogP contribution in [0.2, 0.25) is 0 Å². The van der Waals surface area contributed by atoms with Crippen molar-refractivity contribution in [3.63, 3.8) is 0 Å². The predicted octanol–water partition coefficient (Wildman–Crippen LogP) is 2.07. The number of likely N-dealkylation sites (N-methyl/N-ethyl adjacent to an activating group) is 1. The molecular weight excluding hydrogens is 401 g/mol. The molecule has 10 heteroatoms. The van der Waals surface area contributed by atoms with Gasteiger partial charge in [-0.1, -0.05) is 6.92 Å². The predicted molar refractivity (Wildman–Crippen MR) is 106 cm³/mol. The average molecular weight is 428 g/mol. The van der Waals surface area contributed by atoms with E-state index in [0.717, 1.165) is 18.9 Å². The summed E-state index contributed by atoms with van der Waals surface area (Å²) in [6.45, 7) is 3.43. The third-order valence-electron chi connectivity index (χ3n) is 5.43. The molecule has 1 aliphatic carbocycles. The number of anilines is 2. The number of alkyl halides is 3. The number of benzene rings is 1. The molecule has 0 radical (unpaired) electrons. The number of nitrogens with two attached hydrogens (primary N) is 1. The first-order valence-electron chi connectivity index (χ1n) is 10.1. The van der Waals surface area contributed by atoms with Crippen molar-refractivity contribution in [3.05, 3.63) is 23.8 Å². The molecule has 1 aliphatic heterocycles. The fourth-order valence-electron chi connectivity index (χ4n) is 3.58. The quantitative estimate of drug-likeness (QED) is 0.662. The lowest BCUT2D eigenvalue weighted by atomic mass is 10.1. The minimum atomic E-state index is -4.70. The summed E-state index contributed by atoms with van der Waals surface area (Å²) >= 11 is 0. The first-order valence-corrected chi connectivity index (χ1v) is 10.1. The van der Waals surface area contributed by atoms with Crippen LogP contribution in [0.3, 0.4) is 0 Å². The monoisotopic (exact) mass is 428 g/mol. The van der Waals surface area contributed by atoms with Crippen LogP contribution in [0.15, 0.2) is 18.2 Å². The second-order valence-corrected chi connectivity index (χ2v) is 7.60. The number of halogens is 3. The van der Waals surface area contributed by atoms with Crippen LogP contribution >= 0.6 is 0 Å². The van der Waals surface area contributed by atoms with E-state index in [-0.39, 0.29) is 37.7 Å². The molecule has 0 bridgehead atoms. The van der Waals surface area contributed by atoms with Crippen molar-refractivity contribution in [2.75, 3.05) is 49.6 Å². The Morgan fingerprint density at radius 3 is 2.70 bits per heavy atom. The van der Waals surface area contributed by atoms with Crippen LogP contribution in [0.4, 0.5) is 24.5 Å². The molecule has 1 saturated carbocycles. The standard InChI is InChI=1S/C20H27F3N4O3/c1-2-26(11-13-3-4-13)17(10-24)19(29)25-16-6-5-14(9-15(16)20(21,22)23)27-7-8-30-12-18(27)28/h5-6,9,13,17H,2-4,7-8,10-12,24H2,1H3,(H,25,29)/t17-/m1/s1. The van der Waals surface area contributed by atoms with Crippen molar-refractivity contribution in [3.8, 4) is 0 Å². The van der Waals surface area contributed by atoms with E-state index >= 15 is 0 Å². The Morgan fingerprint density at radius 2 is 2.13 bits per heavy atom. The molecule has 1 atom stereocenters. The van der Waals surface area contributed by atoms with Crippen molar-refractivity contribution in [2.24, 2.45) is 11.7 Å². The summed E-state index contributed by atoms with van der Waals surface area (Å²) in [6, 6.07) is 2.76. The first kappa shape index (κ1) is 22.5. The van der Waals surface area contributed by atoms with Crippen LogP contribution in [0.1, 0.15) is 25.3 Å². The number of amides is 2. The van der Waals surface area contributed by atoms with Crippen LogP contribution in [-0.4, -0.2) is 62.1 Å². The molecule has 2 amide bonds. The van der Waals surface area contributed by atoms with Gasteiger partial charge in [0.2, 0.25) is 5.91 Å². The summed E-state index contributed by atoms with van der Waals surface area (Å²) in [7, 11) is 0. The SMILES string of the molecule is CCN(CC1CC1)[C@H](CN)C(=O)Nc1ccc(N2CCOCC2=O)cc1C(F)(F)F. The Balaban J connectivity index is 1.83. The van der Waals surface area contributed by atoms with Gasteiger partial charge < -0.3 is 20.7 Å². The summed E-state index contributed by atoms with van der Waals surface area (Å²) in [5.41, 5.74) is 4.54. The lowest BCUT2D eigenvalue weighted by Crippen LogP contribution is -2.49. The van der Waals surface area contributed by atoms with Gasteiger partial charge in [0.15, 0.2) is 0 Å². The van der Waals surface area contributed by atoms with E-state index in [1.165, 1.54) is 17.0 Å². The lowest BCUT2D eigenvalue weighted by molar-refractivity contribution is -0.137. The van der Waals surface area contributed by atoms with Gasteiger partial charge in [0.1, 0.15) is 12.6 Å². The van der Waals surface area contributed by atoms with E-state index in [9.17, 15) is 22.8 Å². The van der Waals surface area contributed by atoms with Gasteiger partial charge >= 0.3 is 6.18 Å². The van der Waals surface area contributed by atoms with Crippen LogP contribution in [0.25, 0.3) is 0 Å². The van der Waals surface area contributed by atoms with Crippen molar-refractivity contribution >= 4 is 23.2 Å². The Labute approximate surface area is 173 Å². The molecule has 1 saturated heterocycles. The summed E-state index contributed by atoms with van der Waals surface area (Å²) < 4.78 is 46.2. The molecule has 1 heterocycles. The Morgan fingerprint density at radius 1 is 1.40 bits per heavy atom. The van der Waals surface area contributed by atoms with Gasteiger partial charge in [0, 0.05) is 25.3 Å². The fraction of sp³-hybridized carbons (Fsp3) is 0.600. The number of nitrogens with zero attached hydrogens (tertiary/aromatic N) is 2. The molecule has 2 fully saturated rings. The highest BCUT2D eigenvalue weighted by molar-refractivity contribution is 5.98. The highest BCUT2D eigenvalue weighted by Crippen LogP contribution is 2.38. The van der Waals surface area contributed by atoms with Crippen LogP contribution in [0, 0.1) is 5.92 Å². The maximum Gasteiger partial charge on any atom is 0.418 e. The zero-order chi connectivity index (χ0) is 21.9. The maximum absolute atomic E-state index is 13.7. The van der Waals surface area contributed by atoms with Crippen molar-refractivity contribution < 1.29 is 27.5 Å². The number of carbonyl (C=O) groups excluding carboxylic acids is 2. The molecule has 0 aromatic heterocycles. The van der Waals surface area contributed by atoms with Crippen LogP contribution < -0.4 is 16.0 Å². The summed E-state index contributed by atoms with van der Waals surface area (Å²) in [5.74, 6) is -0.461. The number of hydrogen-bond acceptors (Lipinski definition) is 5. The van der Waals surface area contributed by atoms with Gasteiger partial charge in [-0.25, -0.2) is 0 Å². The molecule has 1 aromatic carbocycles. The first-order chi connectivity index (χ1) is 14.2. The number of nitrogens with one attached hydrogen (secondary N) is 1. The van der Waals surface area contributed by atoms with Crippen molar-refractivity contribution in [1.29, 1.82) is 0 Å². The molecule has 0 unspecified atom stereocenters.